The summed E-state index contributed by atoms with van der Waals surface area (Å²) in [5.41, 5.74) is 0.620. The van der Waals surface area contributed by atoms with Crippen LogP contribution in [0.1, 0.15) is 46.4 Å². The lowest BCUT2D eigenvalue weighted by molar-refractivity contribution is -0.152. The molecule has 0 saturated heterocycles. The van der Waals surface area contributed by atoms with E-state index < -0.39 is 47.3 Å². The summed E-state index contributed by atoms with van der Waals surface area (Å²) in [6.45, 7) is 0. The van der Waals surface area contributed by atoms with E-state index in [0.29, 0.717) is 12.8 Å². The van der Waals surface area contributed by atoms with Gasteiger partial charge in [-0.05, 0) is 97.8 Å². The van der Waals surface area contributed by atoms with Crippen molar-refractivity contribution < 1.29 is 46.9 Å². The molecule has 0 N–H and O–H groups in total. The standard InChI is InChI=1S/C34H24F2O8/c35-21-9-5-19(6-10-21)31(37)41-23-13-15-29-27(17-23)28-18-24(42-32(38)20-7-11-22(36)12-8-20)14-16-30(28)44-34(40)26-4-2-1-3-25(26)33(39)43-29/h5-18,25-26H,1-4H2/t25-,26-/m0/s1. The third-order valence-electron chi connectivity index (χ3n) is 7.57. The predicted molar refractivity (Wildman–Crippen MR) is 151 cm³/mol. The largest absolute Gasteiger partial charge is 0.426 e. The molecule has 222 valence electrons. The molecule has 0 aromatic heterocycles. The first-order chi connectivity index (χ1) is 21.2. The summed E-state index contributed by atoms with van der Waals surface area (Å²) >= 11 is 0. The minimum absolute atomic E-state index is 0.0488. The number of esters is 4. The van der Waals surface area contributed by atoms with Gasteiger partial charge in [0.2, 0.25) is 0 Å². The number of carbonyl (C=O) groups excluding carboxylic acids is 4. The molecule has 10 heteroatoms. The molecule has 44 heavy (non-hydrogen) atoms. The lowest BCUT2D eigenvalue weighted by Gasteiger charge is -2.30. The van der Waals surface area contributed by atoms with E-state index in [-0.39, 0.29) is 45.3 Å². The summed E-state index contributed by atoms with van der Waals surface area (Å²) in [5.74, 6) is -4.84. The smallest absolute Gasteiger partial charge is 0.343 e. The number of hydrogen-bond donors (Lipinski definition) is 0. The summed E-state index contributed by atoms with van der Waals surface area (Å²) in [4.78, 5) is 52.2. The van der Waals surface area contributed by atoms with E-state index in [1.165, 1.54) is 60.7 Å². The Balaban J connectivity index is 1.41. The first-order valence-electron chi connectivity index (χ1n) is 13.9. The van der Waals surface area contributed by atoms with Crippen molar-refractivity contribution in [3.8, 4) is 34.1 Å². The van der Waals surface area contributed by atoms with Crippen LogP contribution in [-0.2, 0) is 9.59 Å². The maximum absolute atomic E-state index is 13.4. The Morgan fingerprint density at radius 3 is 1.36 bits per heavy atom. The normalized spacial score (nSPS) is 17.6. The van der Waals surface area contributed by atoms with Crippen molar-refractivity contribution in [2.24, 2.45) is 11.8 Å². The maximum atomic E-state index is 13.4. The summed E-state index contributed by atoms with van der Waals surface area (Å²) in [6.07, 6.45) is 2.45. The van der Waals surface area contributed by atoms with E-state index in [2.05, 4.69) is 0 Å². The molecule has 4 aromatic carbocycles. The highest BCUT2D eigenvalue weighted by atomic mass is 19.1. The molecule has 1 aliphatic carbocycles. The summed E-state index contributed by atoms with van der Waals surface area (Å²) in [5, 5.41) is 0. The molecule has 0 bridgehead atoms. The number of rotatable bonds is 4. The van der Waals surface area contributed by atoms with Gasteiger partial charge in [0.25, 0.3) is 0 Å². The van der Waals surface area contributed by atoms with Gasteiger partial charge < -0.3 is 18.9 Å². The zero-order chi connectivity index (χ0) is 30.8. The third kappa shape index (κ3) is 6.05. The van der Waals surface area contributed by atoms with Gasteiger partial charge in [-0.1, -0.05) is 12.8 Å². The third-order valence-corrected chi connectivity index (χ3v) is 7.57. The second-order valence-electron chi connectivity index (χ2n) is 10.4. The Morgan fingerprint density at radius 1 is 0.591 bits per heavy atom. The molecule has 0 amide bonds. The van der Waals surface area contributed by atoms with Gasteiger partial charge in [-0.3, -0.25) is 9.59 Å². The molecule has 2 aliphatic rings. The Morgan fingerprint density at radius 2 is 0.977 bits per heavy atom. The molecule has 1 heterocycles. The number of hydrogen-bond acceptors (Lipinski definition) is 8. The molecule has 4 aromatic rings. The topological polar surface area (TPSA) is 105 Å². The molecule has 1 aliphatic heterocycles. The molecular formula is C34H24F2O8. The van der Waals surface area contributed by atoms with Crippen LogP contribution in [0.25, 0.3) is 11.1 Å². The average molecular weight is 599 g/mol. The zero-order valence-electron chi connectivity index (χ0n) is 23.1. The van der Waals surface area contributed by atoms with Crippen LogP contribution in [0.4, 0.5) is 8.78 Å². The summed E-state index contributed by atoms with van der Waals surface area (Å²) < 4.78 is 49.4. The van der Waals surface area contributed by atoms with Crippen LogP contribution in [0.3, 0.4) is 0 Å². The van der Waals surface area contributed by atoms with Crippen LogP contribution >= 0.6 is 0 Å². The molecule has 0 spiro atoms. The molecule has 1 fully saturated rings. The fraction of sp³-hybridized carbons (Fsp3) is 0.176. The number of ether oxygens (including phenoxy) is 4. The van der Waals surface area contributed by atoms with E-state index in [9.17, 15) is 28.0 Å². The van der Waals surface area contributed by atoms with Gasteiger partial charge in [0, 0.05) is 11.1 Å². The molecule has 2 atom stereocenters. The van der Waals surface area contributed by atoms with Crippen LogP contribution in [0, 0.1) is 23.5 Å². The van der Waals surface area contributed by atoms with Gasteiger partial charge in [0.15, 0.2) is 0 Å². The van der Waals surface area contributed by atoms with Gasteiger partial charge in [0.05, 0.1) is 23.0 Å². The molecule has 1 saturated carbocycles. The van der Waals surface area contributed by atoms with Crippen molar-refractivity contribution in [1.82, 2.24) is 0 Å². The van der Waals surface area contributed by atoms with Gasteiger partial charge >= 0.3 is 23.9 Å². The average Bonchev–Trinajstić information content (AvgIpc) is 3.02. The van der Waals surface area contributed by atoms with Crippen molar-refractivity contribution in [3.05, 3.63) is 108 Å². The van der Waals surface area contributed by atoms with E-state index in [1.807, 2.05) is 0 Å². The van der Waals surface area contributed by atoms with Crippen molar-refractivity contribution >= 4 is 23.9 Å². The van der Waals surface area contributed by atoms with E-state index in [1.54, 1.807) is 0 Å². The number of benzene rings is 4. The number of fused-ring (bicyclic) bond motifs is 4. The highest BCUT2D eigenvalue weighted by molar-refractivity contribution is 5.93. The lowest BCUT2D eigenvalue weighted by atomic mass is 9.79. The minimum atomic E-state index is -0.763. The number of halogens is 2. The molecular weight excluding hydrogens is 574 g/mol. The van der Waals surface area contributed by atoms with E-state index >= 15 is 0 Å². The van der Waals surface area contributed by atoms with Gasteiger partial charge in [-0.15, -0.1) is 0 Å². The van der Waals surface area contributed by atoms with Crippen LogP contribution in [0.15, 0.2) is 84.9 Å². The Kier molecular flexibility index (Phi) is 7.89. The van der Waals surface area contributed by atoms with Gasteiger partial charge in [-0.2, -0.15) is 0 Å². The maximum Gasteiger partial charge on any atom is 0.343 e. The first-order valence-corrected chi connectivity index (χ1v) is 13.9. The van der Waals surface area contributed by atoms with Crippen LogP contribution in [0.2, 0.25) is 0 Å². The Labute approximate surface area is 250 Å². The first kappa shape index (κ1) is 28.7. The van der Waals surface area contributed by atoms with Gasteiger partial charge in [0.1, 0.15) is 34.6 Å². The van der Waals surface area contributed by atoms with E-state index in [0.717, 1.165) is 37.1 Å². The summed E-state index contributed by atoms with van der Waals surface area (Å²) in [6, 6.07) is 18.2. The SMILES string of the molecule is O=C(Oc1ccc2c(c1)-c1cc(OC(=O)c3ccc(F)cc3)ccc1OC(=O)[C@H]1CCCC[C@@H]1C(=O)O2)c1ccc(F)cc1. The number of carbonyl (C=O) groups is 4. The fourth-order valence-corrected chi connectivity index (χ4v) is 5.31. The molecule has 0 unspecified atom stereocenters. The Bertz CT molecular complexity index is 1630. The van der Waals surface area contributed by atoms with Crippen LogP contribution in [0.5, 0.6) is 23.0 Å². The fourth-order valence-electron chi connectivity index (χ4n) is 5.31. The van der Waals surface area contributed by atoms with Crippen LogP contribution < -0.4 is 18.9 Å². The lowest BCUT2D eigenvalue weighted by Crippen LogP contribution is -2.37. The van der Waals surface area contributed by atoms with E-state index in [4.69, 9.17) is 18.9 Å². The molecule has 8 nitrogen and oxygen atoms in total. The quantitative estimate of drug-likeness (QED) is 0.189. The van der Waals surface area contributed by atoms with Crippen molar-refractivity contribution in [2.45, 2.75) is 25.7 Å². The van der Waals surface area contributed by atoms with Crippen molar-refractivity contribution in [1.29, 1.82) is 0 Å². The second-order valence-corrected chi connectivity index (χ2v) is 10.4. The highest BCUT2D eigenvalue weighted by Crippen LogP contribution is 2.44. The monoisotopic (exact) mass is 598 g/mol. The van der Waals surface area contributed by atoms with Crippen LogP contribution in [-0.4, -0.2) is 23.9 Å². The molecule has 6 rings (SSSR count). The second kappa shape index (κ2) is 12.1. The highest BCUT2D eigenvalue weighted by Gasteiger charge is 2.39. The van der Waals surface area contributed by atoms with Crippen molar-refractivity contribution in [2.75, 3.05) is 0 Å². The zero-order valence-corrected chi connectivity index (χ0v) is 23.1. The molecule has 0 radical (unpaired) electrons. The van der Waals surface area contributed by atoms with Crippen molar-refractivity contribution in [3.63, 3.8) is 0 Å². The van der Waals surface area contributed by atoms with Gasteiger partial charge in [-0.25, -0.2) is 18.4 Å². The minimum Gasteiger partial charge on any atom is -0.426 e. The Hall–Kier alpha value is -5.38. The summed E-state index contributed by atoms with van der Waals surface area (Å²) in [7, 11) is 0. The predicted octanol–water partition coefficient (Wildman–Crippen LogP) is 6.70.